The average Bonchev–Trinajstić information content (AvgIpc) is 3.11. The van der Waals surface area contributed by atoms with Crippen molar-refractivity contribution in [2.45, 2.75) is 19.9 Å². The number of nitrogens with one attached hydrogen (secondary N) is 3. The Labute approximate surface area is 180 Å². The van der Waals surface area contributed by atoms with Crippen LogP contribution in [0.25, 0.3) is 10.9 Å². The molecule has 0 saturated carbocycles. The summed E-state index contributed by atoms with van der Waals surface area (Å²) in [6.45, 7) is 2.36. The number of likely N-dealkylation sites (N-methyl/N-ethyl adjacent to an activating group) is 1. The van der Waals surface area contributed by atoms with Gasteiger partial charge in [-0.1, -0.05) is 6.07 Å². The lowest BCUT2D eigenvalue weighted by Crippen LogP contribution is -2.31. The Morgan fingerprint density at radius 1 is 1.06 bits per heavy atom. The first-order valence-corrected chi connectivity index (χ1v) is 9.88. The summed E-state index contributed by atoms with van der Waals surface area (Å²) in [7, 11) is 3.44. The SMILES string of the molecule is Cc1ccc(NC(=O)CCNC(=O)Nc2ccc3c(ccn3CC(=O)N(C)C)c2)nc1. The molecule has 0 fully saturated rings. The number of benzene rings is 1. The molecule has 3 aromatic rings. The number of aromatic nitrogens is 2. The molecule has 31 heavy (non-hydrogen) atoms. The van der Waals surface area contributed by atoms with Crippen LogP contribution in [0, 0.1) is 6.92 Å². The van der Waals surface area contributed by atoms with E-state index in [9.17, 15) is 14.4 Å². The predicted octanol–water partition coefficient (Wildman–Crippen LogP) is 2.58. The standard InChI is InChI=1S/C22H26N6O3/c1-15-4-7-19(24-13-15)26-20(29)8-10-23-22(31)25-17-5-6-18-16(12-17)9-11-28(18)14-21(30)27(2)3/h4-7,9,11-13H,8,10,14H2,1-3H3,(H2,23,25,31)(H,24,26,29). The third-order valence-corrected chi connectivity index (χ3v) is 4.65. The molecule has 0 aliphatic carbocycles. The number of pyridine rings is 1. The zero-order valence-electron chi connectivity index (χ0n) is 17.8. The van der Waals surface area contributed by atoms with Crippen LogP contribution in [0.3, 0.4) is 0 Å². The minimum atomic E-state index is -0.400. The van der Waals surface area contributed by atoms with Gasteiger partial charge in [0.2, 0.25) is 11.8 Å². The number of hydrogen-bond acceptors (Lipinski definition) is 4. The molecule has 0 aliphatic rings. The van der Waals surface area contributed by atoms with Crippen molar-refractivity contribution >= 4 is 40.3 Å². The molecule has 9 heteroatoms. The molecule has 0 bridgehead atoms. The van der Waals surface area contributed by atoms with Gasteiger partial charge in [-0.25, -0.2) is 9.78 Å². The molecule has 0 radical (unpaired) electrons. The number of carbonyl (C=O) groups is 3. The van der Waals surface area contributed by atoms with Crippen molar-refractivity contribution in [2.24, 2.45) is 0 Å². The van der Waals surface area contributed by atoms with E-state index < -0.39 is 6.03 Å². The largest absolute Gasteiger partial charge is 0.347 e. The lowest BCUT2D eigenvalue weighted by molar-refractivity contribution is -0.129. The van der Waals surface area contributed by atoms with Crippen molar-refractivity contribution in [3.8, 4) is 0 Å². The zero-order valence-corrected chi connectivity index (χ0v) is 17.8. The molecule has 0 saturated heterocycles. The van der Waals surface area contributed by atoms with Crippen LogP contribution in [0.2, 0.25) is 0 Å². The summed E-state index contributed by atoms with van der Waals surface area (Å²) in [5.41, 5.74) is 2.53. The second-order valence-electron chi connectivity index (χ2n) is 7.41. The molecule has 0 spiro atoms. The fourth-order valence-corrected chi connectivity index (χ4v) is 2.91. The van der Waals surface area contributed by atoms with E-state index >= 15 is 0 Å². The topological polar surface area (TPSA) is 108 Å². The Balaban J connectivity index is 1.48. The normalized spacial score (nSPS) is 10.5. The summed E-state index contributed by atoms with van der Waals surface area (Å²) in [4.78, 5) is 41.7. The molecular formula is C22H26N6O3. The number of amides is 4. The highest BCUT2D eigenvalue weighted by atomic mass is 16.2. The molecule has 2 heterocycles. The minimum Gasteiger partial charge on any atom is -0.347 e. The molecular weight excluding hydrogens is 396 g/mol. The van der Waals surface area contributed by atoms with Gasteiger partial charge in [-0.05, 0) is 42.8 Å². The summed E-state index contributed by atoms with van der Waals surface area (Å²) >= 11 is 0. The van der Waals surface area contributed by atoms with Crippen LogP contribution in [0.1, 0.15) is 12.0 Å². The smallest absolute Gasteiger partial charge is 0.319 e. The van der Waals surface area contributed by atoms with Crippen molar-refractivity contribution in [3.63, 3.8) is 0 Å². The second-order valence-corrected chi connectivity index (χ2v) is 7.41. The Hall–Kier alpha value is -3.88. The van der Waals surface area contributed by atoms with Crippen molar-refractivity contribution in [2.75, 3.05) is 31.3 Å². The number of carbonyl (C=O) groups excluding carboxylic acids is 3. The van der Waals surface area contributed by atoms with Gasteiger partial charge in [0, 0.05) is 56.0 Å². The first-order chi connectivity index (χ1) is 14.8. The third-order valence-electron chi connectivity index (χ3n) is 4.65. The van der Waals surface area contributed by atoms with Gasteiger partial charge < -0.3 is 25.4 Å². The Morgan fingerprint density at radius 3 is 2.58 bits per heavy atom. The van der Waals surface area contributed by atoms with E-state index in [4.69, 9.17) is 0 Å². The van der Waals surface area contributed by atoms with Gasteiger partial charge in [0.1, 0.15) is 12.4 Å². The van der Waals surface area contributed by atoms with Crippen LogP contribution in [-0.2, 0) is 16.1 Å². The number of hydrogen-bond donors (Lipinski definition) is 3. The van der Waals surface area contributed by atoms with E-state index in [-0.39, 0.29) is 31.3 Å². The van der Waals surface area contributed by atoms with Gasteiger partial charge in [0.25, 0.3) is 0 Å². The van der Waals surface area contributed by atoms with Gasteiger partial charge in [-0.2, -0.15) is 0 Å². The number of anilines is 2. The Bertz CT molecular complexity index is 1090. The highest BCUT2D eigenvalue weighted by Gasteiger charge is 2.10. The molecule has 0 unspecified atom stereocenters. The summed E-state index contributed by atoms with van der Waals surface area (Å²) in [5.74, 6) is 0.250. The van der Waals surface area contributed by atoms with Crippen LogP contribution in [0.5, 0.6) is 0 Å². The minimum absolute atomic E-state index is 0.00118. The van der Waals surface area contributed by atoms with E-state index in [1.165, 1.54) is 0 Å². The van der Waals surface area contributed by atoms with Crippen LogP contribution in [0.4, 0.5) is 16.3 Å². The molecule has 0 aliphatic heterocycles. The fraction of sp³-hybridized carbons (Fsp3) is 0.273. The van der Waals surface area contributed by atoms with Gasteiger partial charge in [0.05, 0.1) is 0 Å². The lowest BCUT2D eigenvalue weighted by Gasteiger charge is -2.12. The molecule has 9 nitrogen and oxygen atoms in total. The Kier molecular flexibility index (Phi) is 6.86. The highest BCUT2D eigenvalue weighted by Crippen LogP contribution is 2.20. The van der Waals surface area contributed by atoms with E-state index in [1.54, 1.807) is 37.3 Å². The predicted molar refractivity (Wildman–Crippen MR) is 120 cm³/mol. The molecule has 3 rings (SSSR count). The second kappa shape index (κ2) is 9.75. The maximum Gasteiger partial charge on any atom is 0.319 e. The van der Waals surface area contributed by atoms with Crippen LogP contribution in [-0.4, -0.2) is 52.9 Å². The van der Waals surface area contributed by atoms with E-state index in [0.29, 0.717) is 11.5 Å². The fourth-order valence-electron chi connectivity index (χ4n) is 2.91. The maximum atomic E-state index is 12.1. The summed E-state index contributed by atoms with van der Waals surface area (Å²) in [5, 5.41) is 9.01. The van der Waals surface area contributed by atoms with Crippen LogP contribution >= 0.6 is 0 Å². The molecule has 0 atom stereocenters. The van der Waals surface area contributed by atoms with Crippen LogP contribution < -0.4 is 16.0 Å². The number of rotatable bonds is 7. The summed E-state index contributed by atoms with van der Waals surface area (Å²) in [6.07, 6.45) is 3.65. The lowest BCUT2D eigenvalue weighted by atomic mass is 10.2. The molecule has 2 aromatic heterocycles. The van der Waals surface area contributed by atoms with Crippen LogP contribution in [0.15, 0.2) is 48.8 Å². The van der Waals surface area contributed by atoms with Gasteiger partial charge in [-0.15, -0.1) is 0 Å². The van der Waals surface area contributed by atoms with E-state index in [2.05, 4.69) is 20.9 Å². The first-order valence-electron chi connectivity index (χ1n) is 9.88. The van der Waals surface area contributed by atoms with Gasteiger partial charge in [-0.3, -0.25) is 9.59 Å². The monoisotopic (exact) mass is 422 g/mol. The highest BCUT2D eigenvalue weighted by molar-refractivity contribution is 5.94. The first kappa shape index (κ1) is 21.8. The third kappa shape index (κ3) is 6.05. The number of urea groups is 1. The average molecular weight is 422 g/mol. The summed E-state index contributed by atoms with van der Waals surface area (Å²) < 4.78 is 1.86. The van der Waals surface area contributed by atoms with Crippen molar-refractivity contribution in [1.29, 1.82) is 0 Å². The molecule has 3 N–H and O–H groups in total. The number of aryl methyl sites for hydroxylation is 1. The molecule has 4 amide bonds. The van der Waals surface area contributed by atoms with E-state index in [0.717, 1.165) is 16.5 Å². The molecule has 1 aromatic carbocycles. The quantitative estimate of drug-likeness (QED) is 0.544. The van der Waals surface area contributed by atoms with Crippen molar-refractivity contribution < 1.29 is 14.4 Å². The number of nitrogens with zero attached hydrogens (tertiary/aromatic N) is 3. The van der Waals surface area contributed by atoms with Gasteiger partial charge >= 0.3 is 6.03 Å². The van der Waals surface area contributed by atoms with Gasteiger partial charge in [0.15, 0.2) is 0 Å². The summed E-state index contributed by atoms with van der Waals surface area (Å²) in [6, 6.07) is 10.5. The number of fused-ring (bicyclic) bond motifs is 1. The Morgan fingerprint density at radius 2 is 1.87 bits per heavy atom. The van der Waals surface area contributed by atoms with Crippen molar-refractivity contribution in [1.82, 2.24) is 19.8 Å². The van der Waals surface area contributed by atoms with Crippen molar-refractivity contribution in [3.05, 3.63) is 54.4 Å². The zero-order chi connectivity index (χ0) is 22.4. The maximum absolute atomic E-state index is 12.1. The van der Waals surface area contributed by atoms with E-state index in [1.807, 2.05) is 42.0 Å². The molecule has 162 valence electrons.